The monoisotopic (exact) mass is 528 g/mol. The van der Waals surface area contributed by atoms with Gasteiger partial charge in [0.1, 0.15) is 24.7 Å². The second-order valence-electron chi connectivity index (χ2n) is 9.27. The smallest absolute Gasteiger partial charge is 0.248 e. The number of amides is 1. The minimum atomic E-state index is -0.668. The minimum Gasteiger partial charge on any atom is -0.492 e. The van der Waals surface area contributed by atoms with Crippen LogP contribution in [0.5, 0.6) is 11.5 Å². The van der Waals surface area contributed by atoms with Crippen LogP contribution in [0, 0.1) is 6.92 Å². The molecule has 204 valence electrons. The highest BCUT2D eigenvalue weighted by atomic mass is 16.5. The van der Waals surface area contributed by atoms with Crippen molar-refractivity contribution in [2.24, 2.45) is 5.73 Å². The number of hydrogen-bond acceptors (Lipinski definition) is 5. The number of hydrogen-bond donors (Lipinski definition) is 2. The van der Waals surface area contributed by atoms with E-state index in [1.807, 2.05) is 79.7 Å². The van der Waals surface area contributed by atoms with Crippen LogP contribution < -0.4 is 15.2 Å². The van der Waals surface area contributed by atoms with Gasteiger partial charge in [0.05, 0.1) is 6.10 Å². The van der Waals surface area contributed by atoms with Crippen LogP contribution in [0.15, 0.2) is 103 Å². The van der Waals surface area contributed by atoms with Gasteiger partial charge in [-0.3, -0.25) is 9.69 Å². The summed E-state index contributed by atoms with van der Waals surface area (Å²) in [7, 11) is 0. The molecule has 0 saturated carbocycles. The van der Waals surface area contributed by atoms with Gasteiger partial charge in [-0.1, -0.05) is 72.8 Å². The third-order valence-electron chi connectivity index (χ3n) is 6.32. The molecule has 0 spiro atoms. The molecule has 39 heavy (non-hydrogen) atoms. The van der Waals surface area contributed by atoms with E-state index < -0.39 is 12.0 Å². The van der Waals surface area contributed by atoms with Crippen LogP contribution in [-0.2, 0) is 13.2 Å². The van der Waals surface area contributed by atoms with Crippen molar-refractivity contribution in [3.63, 3.8) is 0 Å². The number of primary amides is 1. The Morgan fingerprint density at radius 2 is 1.51 bits per heavy atom. The van der Waals surface area contributed by atoms with Crippen LogP contribution in [-0.4, -0.2) is 41.1 Å². The van der Waals surface area contributed by atoms with E-state index in [1.54, 1.807) is 18.2 Å². The lowest BCUT2D eigenvalue weighted by Crippen LogP contribution is -2.32. The molecule has 5 N–H and O–H groups in total. The highest BCUT2D eigenvalue weighted by Crippen LogP contribution is 2.22. The molecule has 0 fully saturated rings. The van der Waals surface area contributed by atoms with Crippen LogP contribution in [0.4, 0.5) is 0 Å². The molecular weight excluding hydrogens is 492 g/mol. The minimum absolute atomic E-state index is 0. The normalized spacial score (nSPS) is 11.5. The maximum Gasteiger partial charge on any atom is 0.248 e. The number of aliphatic hydroxyl groups excluding tert-OH is 1. The number of nitrogens with zero attached hydrogens (tertiary/aromatic N) is 1. The molecule has 4 aromatic carbocycles. The van der Waals surface area contributed by atoms with Crippen molar-refractivity contribution < 1.29 is 24.9 Å². The first-order valence-electron chi connectivity index (χ1n) is 12.7. The molecule has 0 saturated heterocycles. The van der Waals surface area contributed by atoms with Crippen molar-refractivity contribution in [2.75, 3.05) is 19.7 Å². The summed E-state index contributed by atoms with van der Waals surface area (Å²) in [6, 6.07) is 33.0. The van der Waals surface area contributed by atoms with Gasteiger partial charge in [-0.15, -0.1) is 0 Å². The summed E-state index contributed by atoms with van der Waals surface area (Å²) in [6.45, 7) is 4.56. The second-order valence-corrected chi connectivity index (χ2v) is 9.27. The summed E-state index contributed by atoms with van der Waals surface area (Å²) < 4.78 is 11.9. The van der Waals surface area contributed by atoms with Gasteiger partial charge in [-0.2, -0.15) is 0 Å². The molecule has 0 aliphatic rings. The lowest BCUT2D eigenvalue weighted by molar-refractivity contribution is 0.0984. The van der Waals surface area contributed by atoms with Gasteiger partial charge in [0.25, 0.3) is 0 Å². The summed E-state index contributed by atoms with van der Waals surface area (Å²) in [5.74, 6) is 1.01. The van der Waals surface area contributed by atoms with Gasteiger partial charge >= 0.3 is 0 Å². The predicted molar refractivity (Wildman–Crippen MR) is 153 cm³/mol. The summed E-state index contributed by atoms with van der Waals surface area (Å²) in [5, 5.41) is 11.0. The Labute approximate surface area is 229 Å². The molecule has 7 nitrogen and oxygen atoms in total. The van der Waals surface area contributed by atoms with Crippen LogP contribution in [0.1, 0.15) is 38.7 Å². The van der Waals surface area contributed by atoms with E-state index in [2.05, 4.69) is 17.0 Å². The topological polar surface area (TPSA) is 117 Å². The maximum absolute atomic E-state index is 11.4. The predicted octanol–water partition coefficient (Wildman–Crippen LogP) is 4.46. The zero-order valence-electron chi connectivity index (χ0n) is 22.1. The Kier molecular flexibility index (Phi) is 11.1. The fourth-order valence-electron chi connectivity index (χ4n) is 4.20. The van der Waals surface area contributed by atoms with E-state index in [9.17, 15) is 9.90 Å². The van der Waals surface area contributed by atoms with E-state index in [1.165, 1.54) is 0 Å². The first-order valence-corrected chi connectivity index (χ1v) is 12.7. The van der Waals surface area contributed by atoms with Gasteiger partial charge in [0.2, 0.25) is 5.91 Å². The number of nitrogens with two attached hydrogens (primary N) is 1. The highest BCUT2D eigenvalue weighted by Gasteiger charge is 2.15. The molecule has 0 radical (unpaired) electrons. The Morgan fingerprint density at radius 1 is 0.872 bits per heavy atom. The number of rotatable bonds is 13. The lowest BCUT2D eigenvalue weighted by Gasteiger charge is -2.26. The molecule has 1 unspecified atom stereocenters. The zero-order chi connectivity index (χ0) is 26.7. The maximum atomic E-state index is 11.4. The van der Waals surface area contributed by atoms with Crippen LogP contribution in [0.2, 0.25) is 0 Å². The van der Waals surface area contributed by atoms with Crippen molar-refractivity contribution in [3.8, 4) is 11.5 Å². The van der Waals surface area contributed by atoms with Crippen LogP contribution in [0.3, 0.4) is 0 Å². The molecule has 0 aliphatic heterocycles. The van der Waals surface area contributed by atoms with Crippen molar-refractivity contribution in [2.45, 2.75) is 26.2 Å². The summed E-state index contributed by atoms with van der Waals surface area (Å²) in [6.07, 6.45) is -0.668. The van der Waals surface area contributed by atoms with Crippen molar-refractivity contribution in [3.05, 3.63) is 131 Å². The number of carbonyl (C=O) groups excluding carboxylic acids is 1. The highest BCUT2D eigenvalue weighted by molar-refractivity contribution is 5.93. The van der Waals surface area contributed by atoms with Gasteiger partial charge in [0, 0.05) is 25.2 Å². The SMILES string of the molecule is Cc1cc(C(N)=O)ccc1OCCN(Cc1ccccc1)CC(O)c1ccc(OCc2ccccc2)cc1.O. The summed E-state index contributed by atoms with van der Waals surface area (Å²) in [5.41, 5.74) is 9.77. The van der Waals surface area contributed by atoms with Crippen molar-refractivity contribution in [1.29, 1.82) is 0 Å². The van der Waals surface area contributed by atoms with E-state index >= 15 is 0 Å². The average Bonchev–Trinajstić information content (AvgIpc) is 2.94. The number of aryl methyl sites for hydroxylation is 1. The van der Waals surface area contributed by atoms with Gasteiger partial charge in [0.15, 0.2) is 0 Å². The van der Waals surface area contributed by atoms with E-state index in [-0.39, 0.29) is 5.48 Å². The summed E-state index contributed by atoms with van der Waals surface area (Å²) >= 11 is 0. The fraction of sp³-hybridized carbons (Fsp3) is 0.219. The first kappa shape index (κ1) is 29.4. The molecule has 4 aromatic rings. The van der Waals surface area contributed by atoms with Crippen LogP contribution >= 0.6 is 0 Å². The van der Waals surface area contributed by atoms with Gasteiger partial charge < -0.3 is 25.8 Å². The number of ether oxygens (including phenoxy) is 2. The Hall–Kier alpha value is -4.17. The molecule has 0 aliphatic carbocycles. The van der Waals surface area contributed by atoms with Gasteiger partial charge in [-0.25, -0.2) is 0 Å². The molecule has 1 amide bonds. The van der Waals surface area contributed by atoms with E-state index in [0.717, 1.165) is 28.0 Å². The molecule has 4 rings (SSSR count). The van der Waals surface area contributed by atoms with E-state index in [4.69, 9.17) is 15.2 Å². The van der Waals surface area contributed by atoms with E-state index in [0.29, 0.717) is 44.2 Å². The third kappa shape index (κ3) is 8.97. The first-order chi connectivity index (χ1) is 18.5. The second kappa shape index (κ2) is 14.7. The van der Waals surface area contributed by atoms with Crippen molar-refractivity contribution in [1.82, 2.24) is 4.90 Å². The molecule has 0 heterocycles. The third-order valence-corrected chi connectivity index (χ3v) is 6.32. The Balaban J connectivity index is 0.00000420. The molecule has 0 bridgehead atoms. The summed E-state index contributed by atoms with van der Waals surface area (Å²) in [4.78, 5) is 13.6. The molecular formula is C32H36N2O5. The van der Waals surface area contributed by atoms with Gasteiger partial charge in [-0.05, 0) is 59.5 Å². The Bertz CT molecular complexity index is 1300. The zero-order valence-corrected chi connectivity index (χ0v) is 22.1. The number of benzene rings is 4. The lowest BCUT2D eigenvalue weighted by atomic mass is 10.1. The number of carbonyl (C=O) groups is 1. The number of aliphatic hydroxyl groups is 1. The fourth-order valence-corrected chi connectivity index (χ4v) is 4.20. The largest absolute Gasteiger partial charge is 0.492 e. The van der Waals surface area contributed by atoms with Crippen LogP contribution in [0.25, 0.3) is 0 Å². The average molecular weight is 529 g/mol. The Morgan fingerprint density at radius 3 is 2.13 bits per heavy atom. The molecule has 7 heteroatoms. The molecule has 1 atom stereocenters. The quantitative estimate of drug-likeness (QED) is 0.266. The molecule has 0 aromatic heterocycles. The standard InChI is InChI=1S/C32H34N2O4.H2O/c1-24-20-28(32(33)36)14-17-31(24)37-19-18-34(21-25-8-4-2-5-9-25)22-30(35)27-12-15-29(16-13-27)38-23-26-10-6-3-7-11-26;/h2-17,20,30,35H,18-19,21-23H2,1H3,(H2,33,36);1H2. The van der Waals surface area contributed by atoms with Crippen molar-refractivity contribution >= 4 is 5.91 Å².